The molecule has 0 bridgehead atoms. The van der Waals surface area contributed by atoms with Crippen LogP contribution in [0.25, 0.3) is 4.85 Å². The van der Waals surface area contributed by atoms with Crippen LogP contribution in [0.4, 0.5) is 0 Å². The number of hydrogen-bond donors (Lipinski definition) is 1. The normalized spacial score (nSPS) is 9.14. The molecule has 1 aromatic carbocycles. The van der Waals surface area contributed by atoms with Crippen molar-refractivity contribution in [3.63, 3.8) is 0 Å². The Morgan fingerprint density at radius 3 is 2.64 bits per heavy atom. The van der Waals surface area contributed by atoms with Gasteiger partial charge in [0.05, 0.1) is 6.54 Å². The Hall–Kier alpha value is -1.82. The van der Waals surface area contributed by atoms with Gasteiger partial charge in [-0.25, -0.2) is 6.57 Å². The maximum absolute atomic E-state index is 11.4. The van der Waals surface area contributed by atoms with Crippen LogP contribution in [0, 0.1) is 13.5 Å². The summed E-state index contributed by atoms with van der Waals surface area (Å²) in [4.78, 5) is 14.6. The third-order valence-corrected chi connectivity index (χ3v) is 1.82. The van der Waals surface area contributed by atoms with Crippen LogP contribution < -0.4 is 5.32 Å². The quantitative estimate of drug-likeness (QED) is 0.568. The predicted octanol–water partition coefficient (Wildman–Crippen LogP) is 1.64. The Morgan fingerprint density at radius 2 is 2.07 bits per heavy atom. The van der Waals surface area contributed by atoms with E-state index in [4.69, 9.17) is 6.57 Å². The molecule has 0 fully saturated rings. The molecule has 0 unspecified atom stereocenters. The predicted molar refractivity (Wildman–Crippen MR) is 55.0 cm³/mol. The lowest BCUT2D eigenvalue weighted by Crippen LogP contribution is -2.25. The first-order valence-corrected chi connectivity index (χ1v) is 4.42. The summed E-state index contributed by atoms with van der Waals surface area (Å²) in [6, 6.07) is 7.35. The van der Waals surface area contributed by atoms with Crippen LogP contribution in [0.3, 0.4) is 0 Å². The summed E-state index contributed by atoms with van der Waals surface area (Å²) in [6.07, 6.45) is 0. The maximum atomic E-state index is 11.4. The van der Waals surface area contributed by atoms with Crippen LogP contribution in [-0.2, 0) is 0 Å². The molecule has 0 saturated heterocycles. The molecule has 72 valence electrons. The SMILES string of the molecule is [C-]#[N+]CCNC(=O)c1ccc(C)cc1. The van der Waals surface area contributed by atoms with Crippen molar-refractivity contribution in [2.24, 2.45) is 0 Å². The summed E-state index contributed by atoms with van der Waals surface area (Å²) in [6.45, 7) is 9.27. The third kappa shape index (κ3) is 2.91. The second-order valence-corrected chi connectivity index (χ2v) is 3.00. The van der Waals surface area contributed by atoms with E-state index in [1.807, 2.05) is 19.1 Å². The van der Waals surface area contributed by atoms with E-state index in [0.29, 0.717) is 18.7 Å². The van der Waals surface area contributed by atoms with Crippen molar-refractivity contribution in [1.82, 2.24) is 5.32 Å². The van der Waals surface area contributed by atoms with Gasteiger partial charge in [-0.1, -0.05) is 17.7 Å². The second-order valence-electron chi connectivity index (χ2n) is 3.00. The average molecular weight is 188 g/mol. The number of rotatable bonds is 3. The van der Waals surface area contributed by atoms with E-state index in [-0.39, 0.29) is 5.91 Å². The van der Waals surface area contributed by atoms with Crippen LogP contribution >= 0.6 is 0 Å². The number of carbonyl (C=O) groups is 1. The number of nitrogens with zero attached hydrogens (tertiary/aromatic N) is 1. The standard InChI is InChI=1S/C11H12N2O/c1-9-3-5-10(6-4-9)11(14)13-8-7-12-2/h3-6H,7-8H2,1H3,(H,13,14). The fourth-order valence-electron chi connectivity index (χ4n) is 1.03. The molecule has 0 spiro atoms. The van der Waals surface area contributed by atoms with Crippen molar-refractivity contribution in [2.75, 3.05) is 13.1 Å². The van der Waals surface area contributed by atoms with E-state index in [2.05, 4.69) is 10.2 Å². The van der Waals surface area contributed by atoms with Gasteiger partial charge < -0.3 is 10.2 Å². The molecule has 0 heterocycles. The molecule has 0 saturated carbocycles. The summed E-state index contributed by atoms with van der Waals surface area (Å²) in [5, 5.41) is 2.67. The van der Waals surface area contributed by atoms with E-state index in [9.17, 15) is 4.79 Å². The number of nitrogens with one attached hydrogen (secondary N) is 1. The average Bonchev–Trinajstić information content (AvgIpc) is 2.19. The lowest BCUT2D eigenvalue weighted by atomic mass is 10.1. The van der Waals surface area contributed by atoms with Crippen molar-refractivity contribution in [3.05, 3.63) is 46.8 Å². The molecule has 3 nitrogen and oxygen atoms in total. The summed E-state index contributed by atoms with van der Waals surface area (Å²) in [5.41, 5.74) is 1.77. The molecular formula is C11H12N2O. The first kappa shape index (κ1) is 10.3. The van der Waals surface area contributed by atoms with Gasteiger partial charge in [-0.15, -0.1) is 0 Å². The van der Waals surface area contributed by atoms with E-state index in [1.54, 1.807) is 12.1 Å². The van der Waals surface area contributed by atoms with Crippen LogP contribution in [0.15, 0.2) is 24.3 Å². The van der Waals surface area contributed by atoms with Crippen LogP contribution in [0.5, 0.6) is 0 Å². The van der Waals surface area contributed by atoms with Crippen LogP contribution in [0.1, 0.15) is 15.9 Å². The lowest BCUT2D eigenvalue weighted by molar-refractivity contribution is 0.0955. The molecule has 1 N–H and O–H groups in total. The Bertz CT molecular complexity index is 349. The number of amides is 1. The van der Waals surface area contributed by atoms with Crippen LogP contribution in [0.2, 0.25) is 0 Å². The molecule has 3 heteroatoms. The molecule has 0 aliphatic heterocycles. The van der Waals surface area contributed by atoms with Gasteiger partial charge in [0, 0.05) is 5.56 Å². The first-order chi connectivity index (χ1) is 6.74. The summed E-state index contributed by atoms with van der Waals surface area (Å²) >= 11 is 0. The van der Waals surface area contributed by atoms with Gasteiger partial charge in [0.25, 0.3) is 5.91 Å². The molecular weight excluding hydrogens is 176 g/mol. The minimum absolute atomic E-state index is 0.117. The zero-order valence-electron chi connectivity index (χ0n) is 8.08. The molecule has 0 aliphatic rings. The topological polar surface area (TPSA) is 33.5 Å². The first-order valence-electron chi connectivity index (χ1n) is 4.42. The van der Waals surface area contributed by atoms with Gasteiger partial charge in [0.15, 0.2) is 0 Å². The fraction of sp³-hybridized carbons (Fsp3) is 0.273. The molecule has 14 heavy (non-hydrogen) atoms. The number of hydrogen-bond acceptors (Lipinski definition) is 1. The van der Waals surface area contributed by atoms with E-state index in [1.165, 1.54) is 0 Å². The largest absolute Gasteiger partial charge is 0.345 e. The Morgan fingerprint density at radius 1 is 1.43 bits per heavy atom. The minimum atomic E-state index is -0.117. The molecule has 1 aromatic rings. The molecule has 0 aliphatic carbocycles. The van der Waals surface area contributed by atoms with Crippen molar-refractivity contribution in [2.45, 2.75) is 6.92 Å². The van der Waals surface area contributed by atoms with Gasteiger partial charge in [-0.3, -0.25) is 4.79 Å². The van der Waals surface area contributed by atoms with Gasteiger partial charge in [0.1, 0.15) is 0 Å². The third-order valence-electron chi connectivity index (χ3n) is 1.82. The van der Waals surface area contributed by atoms with Crippen molar-refractivity contribution >= 4 is 5.91 Å². The van der Waals surface area contributed by atoms with Crippen molar-refractivity contribution < 1.29 is 4.79 Å². The Kier molecular flexibility index (Phi) is 3.69. The molecule has 1 amide bonds. The zero-order valence-corrected chi connectivity index (χ0v) is 8.08. The van der Waals surface area contributed by atoms with Gasteiger partial charge in [-0.05, 0) is 19.1 Å². The molecule has 0 radical (unpaired) electrons. The highest BCUT2D eigenvalue weighted by atomic mass is 16.1. The number of benzene rings is 1. The number of aryl methyl sites for hydroxylation is 1. The van der Waals surface area contributed by atoms with Gasteiger partial charge in [-0.2, -0.15) is 0 Å². The Balaban J connectivity index is 2.53. The summed E-state index contributed by atoms with van der Waals surface area (Å²) < 4.78 is 0. The summed E-state index contributed by atoms with van der Waals surface area (Å²) in [7, 11) is 0. The van der Waals surface area contributed by atoms with Crippen LogP contribution in [-0.4, -0.2) is 19.0 Å². The van der Waals surface area contributed by atoms with Gasteiger partial charge >= 0.3 is 0 Å². The maximum Gasteiger partial charge on any atom is 0.251 e. The monoisotopic (exact) mass is 188 g/mol. The fourth-order valence-corrected chi connectivity index (χ4v) is 1.03. The molecule has 0 atom stereocenters. The highest BCUT2D eigenvalue weighted by Gasteiger charge is 2.03. The van der Waals surface area contributed by atoms with Crippen molar-refractivity contribution in [3.8, 4) is 0 Å². The van der Waals surface area contributed by atoms with Crippen molar-refractivity contribution in [1.29, 1.82) is 0 Å². The molecule has 1 rings (SSSR count). The second kappa shape index (κ2) is 5.03. The lowest BCUT2D eigenvalue weighted by Gasteiger charge is -2.01. The van der Waals surface area contributed by atoms with E-state index < -0.39 is 0 Å². The Labute approximate surface area is 83.6 Å². The zero-order chi connectivity index (χ0) is 10.4. The highest BCUT2D eigenvalue weighted by Crippen LogP contribution is 2.02. The number of carbonyl (C=O) groups excluding carboxylic acids is 1. The molecule has 0 aromatic heterocycles. The van der Waals surface area contributed by atoms with E-state index >= 15 is 0 Å². The highest BCUT2D eigenvalue weighted by molar-refractivity contribution is 5.94. The van der Waals surface area contributed by atoms with E-state index in [0.717, 1.165) is 5.56 Å². The minimum Gasteiger partial charge on any atom is -0.345 e. The van der Waals surface area contributed by atoms with Gasteiger partial charge in [0.2, 0.25) is 6.54 Å². The smallest absolute Gasteiger partial charge is 0.251 e. The summed E-state index contributed by atoms with van der Waals surface area (Å²) in [5.74, 6) is -0.117.